The summed E-state index contributed by atoms with van der Waals surface area (Å²) >= 11 is -2.71. The molecule has 140 valence electrons. The van der Waals surface area contributed by atoms with Crippen molar-refractivity contribution in [1.82, 2.24) is 4.90 Å². The zero-order valence-corrected chi connectivity index (χ0v) is 15.7. The maximum Gasteiger partial charge on any atom is 0.410 e. The lowest BCUT2D eigenvalue weighted by molar-refractivity contribution is -0.0826. The number of carbonyl (C=O) groups is 1. The molecule has 2 rings (SSSR count). The number of nitrogens with zero attached hydrogens (tertiary/aromatic N) is 1. The van der Waals surface area contributed by atoms with Crippen molar-refractivity contribution in [2.24, 2.45) is 0 Å². The van der Waals surface area contributed by atoms with Gasteiger partial charge in [0.2, 0.25) is 0 Å². The van der Waals surface area contributed by atoms with Crippen molar-refractivity contribution in [3.63, 3.8) is 0 Å². The Morgan fingerprint density at radius 2 is 2.00 bits per heavy atom. The minimum atomic E-state index is -2.71. The number of hydrogen-bond acceptors (Lipinski definition) is 6. The molecule has 0 spiro atoms. The van der Waals surface area contributed by atoms with Crippen molar-refractivity contribution in [3.8, 4) is 0 Å². The highest BCUT2D eigenvalue weighted by Crippen LogP contribution is 2.28. The first-order chi connectivity index (χ1) is 11.7. The highest BCUT2D eigenvalue weighted by Gasteiger charge is 2.34. The van der Waals surface area contributed by atoms with E-state index in [-0.39, 0.29) is 13.2 Å². The first-order valence-corrected chi connectivity index (χ1v) is 9.08. The van der Waals surface area contributed by atoms with Crippen LogP contribution in [0.1, 0.15) is 38.0 Å². The van der Waals surface area contributed by atoms with Gasteiger partial charge in [-0.2, -0.15) is 0 Å². The molecule has 8 heteroatoms. The normalized spacial score (nSPS) is 20.8. The van der Waals surface area contributed by atoms with Gasteiger partial charge in [0.1, 0.15) is 17.8 Å². The van der Waals surface area contributed by atoms with Gasteiger partial charge >= 0.3 is 6.09 Å². The summed E-state index contributed by atoms with van der Waals surface area (Å²) in [5, 5.41) is 0. The minimum Gasteiger partial charge on any atom is -0.750 e. The third kappa shape index (κ3) is 6.07. The molecule has 0 aliphatic carbocycles. The average molecular weight is 370 g/mol. The van der Waals surface area contributed by atoms with Crippen molar-refractivity contribution in [3.05, 3.63) is 35.4 Å². The lowest BCUT2D eigenvalue weighted by Gasteiger charge is -2.37. The average Bonchev–Trinajstić information content (AvgIpc) is 2.52. The largest absolute Gasteiger partial charge is 0.750 e. The second-order valence-corrected chi connectivity index (χ2v) is 7.57. The van der Waals surface area contributed by atoms with E-state index in [1.54, 1.807) is 32.9 Å². The molecule has 0 bridgehead atoms. The van der Waals surface area contributed by atoms with E-state index in [0.717, 1.165) is 5.56 Å². The fourth-order valence-corrected chi connectivity index (χ4v) is 2.93. The van der Waals surface area contributed by atoms with Crippen LogP contribution in [0.15, 0.2) is 24.3 Å². The number of carbonyl (C=O) groups excluding carboxylic acids is 1. The third-order valence-corrected chi connectivity index (χ3v) is 4.04. The van der Waals surface area contributed by atoms with Gasteiger partial charge in [-0.05, 0) is 33.3 Å². The van der Waals surface area contributed by atoms with Crippen LogP contribution in [0.5, 0.6) is 0 Å². The summed E-state index contributed by atoms with van der Waals surface area (Å²) < 4.78 is 38.3. The summed E-state index contributed by atoms with van der Waals surface area (Å²) in [4.78, 5) is 13.8. The molecule has 1 heterocycles. The predicted molar refractivity (Wildman–Crippen MR) is 91.5 cm³/mol. The summed E-state index contributed by atoms with van der Waals surface area (Å²) in [7, 11) is 0. The molecule has 3 atom stereocenters. The van der Waals surface area contributed by atoms with Gasteiger partial charge < -0.3 is 18.9 Å². The van der Waals surface area contributed by atoms with Gasteiger partial charge in [-0.15, -0.1) is 0 Å². The molecule has 0 aromatic heterocycles. The SMILES string of the molecule is Cc1ccc(C(OS(=O)[O-])C2CN(C(=O)OC(C)(C)C)CCO2)cc1. The van der Waals surface area contributed by atoms with E-state index < -0.39 is 35.3 Å². The number of aryl methyl sites for hydroxylation is 1. The van der Waals surface area contributed by atoms with Crippen molar-refractivity contribution < 1.29 is 27.2 Å². The van der Waals surface area contributed by atoms with Gasteiger partial charge in [0.05, 0.1) is 24.5 Å². The van der Waals surface area contributed by atoms with E-state index in [4.69, 9.17) is 13.7 Å². The van der Waals surface area contributed by atoms with E-state index >= 15 is 0 Å². The Bertz CT molecular complexity index is 613. The first-order valence-electron chi connectivity index (χ1n) is 8.08. The fourth-order valence-electron chi connectivity index (χ4n) is 2.52. The van der Waals surface area contributed by atoms with Crippen LogP contribution in [0.25, 0.3) is 0 Å². The van der Waals surface area contributed by atoms with Crippen LogP contribution < -0.4 is 0 Å². The van der Waals surface area contributed by atoms with E-state index in [1.807, 2.05) is 19.1 Å². The second kappa shape index (κ2) is 8.27. The summed E-state index contributed by atoms with van der Waals surface area (Å²) in [5.74, 6) is 0. The maximum atomic E-state index is 12.3. The Hall–Kier alpha value is -1.48. The fraction of sp³-hybridized carbons (Fsp3) is 0.588. The molecule has 1 aliphatic rings. The number of morpholine rings is 1. The molecule has 25 heavy (non-hydrogen) atoms. The van der Waals surface area contributed by atoms with Crippen molar-refractivity contribution in [2.75, 3.05) is 19.7 Å². The molecule has 0 radical (unpaired) electrons. The van der Waals surface area contributed by atoms with Crippen LogP contribution in [0.3, 0.4) is 0 Å². The maximum absolute atomic E-state index is 12.3. The van der Waals surface area contributed by atoms with Crippen molar-refractivity contribution >= 4 is 17.5 Å². The minimum absolute atomic E-state index is 0.185. The number of rotatable bonds is 4. The lowest BCUT2D eigenvalue weighted by Crippen LogP contribution is -2.49. The second-order valence-electron chi connectivity index (χ2n) is 6.97. The number of hydrogen-bond donors (Lipinski definition) is 0. The van der Waals surface area contributed by atoms with Gasteiger partial charge in [0.15, 0.2) is 0 Å². The molecule has 0 saturated carbocycles. The van der Waals surface area contributed by atoms with Gasteiger partial charge in [0, 0.05) is 6.54 Å². The molecular formula is C17H24NO6S-. The molecule has 1 saturated heterocycles. The lowest BCUT2D eigenvalue weighted by atomic mass is 10.0. The molecule has 1 fully saturated rings. The third-order valence-electron chi connectivity index (χ3n) is 3.67. The Morgan fingerprint density at radius 3 is 2.56 bits per heavy atom. The Kier molecular flexibility index (Phi) is 6.56. The van der Waals surface area contributed by atoms with Gasteiger partial charge in [-0.3, -0.25) is 4.18 Å². The topological polar surface area (TPSA) is 88.1 Å². The summed E-state index contributed by atoms with van der Waals surface area (Å²) in [5.41, 5.74) is 1.12. The number of ether oxygens (including phenoxy) is 2. The van der Waals surface area contributed by atoms with Gasteiger partial charge in [-0.1, -0.05) is 29.8 Å². The van der Waals surface area contributed by atoms with Crippen LogP contribution in [0.2, 0.25) is 0 Å². The molecule has 7 nitrogen and oxygen atoms in total. The van der Waals surface area contributed by atoms with Crippen LogP contribution in [-0.4, -0.2) is 51.2 Å². The van der Waals surface area contributed by atoms with Gasteiger partial charge in [0.25, 0.3) is 0 Å². The molecular weight excluding hydrogens is 346 g/mol. The van der Waals surface area contributed by atoms with E-state index in [0.29, 0.717) is 12.1 Å². The quantitative estimate of drug-likeness (QED) is 0.757. The standard InChI is InChI=1S/C17H25NO6S/c1-12-5-7-13(8-6-12)15(24-25(20)21)14-11-18(9-10-22-14)16(19)23-17(2,3)4/h5-8,14-15H,9-11H2,1-4H3,(H,20,21)/p-1. The highest BCUT2D eigenvalue weighted by molar-refractivity contribution is 7.74. The van der Waals surface area contributed by atoms with E-state index in [1.165, 1.54) is 4.90 Å². The smallest absolute Gasteiger partial charge is 0.410 e. The summed E-state index contributed by atoms with van der Waals surface area (Å²) in [6, 6.07) is 7.33. The predicted octanol–water partition coefficient (Wildman–Crippen LogP) is 2.48. The van der Waals surface area contributed by atoms with Crippen LogP contribution >= 0.6 is 0 Å². The van der Waals surface area contributed by atoms with Crippen LogP contribution in [0.4, 0.5) is 4.79 Å². The summed E-state index contributed by atoms with van der Waals surface area (Å²) in [6.45, 7) is 8.16. The molecule has 1 aromatic rings. The molecule has 1 aromatic carbocycles. The van der Waals surface area contributed by atoms with E-state index in [2.05, 4.69) is 0 Å². The van der Waals surface area contributed by atoms with Crippen LogP contribution in [0, 0.1) is 6.92 Å². The molecule has 3 unspecified atom stereocenters. The number of benzene rings is 1. The first kappa shape index (κ1) is 19.8. The highest BCUT2D eigenvalue weighted by atomic mass is 32.2. The monoisotopic (exact) mass is 370 g/mol. The van der Waals surface area contributed by atoms with Crippen molar-refractivity contribution in [2.45, 2.75) is 45.5 Å². The molecule has 0 N–H and O–H groups in total. The van der Waals surface area contributed by atoms with Crippen LogP contribution in [-0.2, 0) is 25.0 Å². The van der Waals surface area contributed by atoms with E-state index in [9.17, 15) is 13.6 Å². The molecule has 1 aliphatic heterocycles. The zero-order chi connectivity index (χ0) is 18.6. The Labute approximate surface area is 150 Å². The molecule has 1 amide bonds. The Morgan fingerprint density at radius 1 is 1.36 bits per heavy atom. The number of amides is 1. The van der Waals surface area contributed by atoms with Gasteiger partial charge in [-0.25, -0.2) is 9.00 Å². The Balaban J connectivity index is 2.15. The van der Waals surface area contributed by atoms with Crippen molar-refractivity contribution in [1.29, 1.82) is 0 Å². The summed E-state index contributed by atoms with van der Waals surface area (Å²) in [6.07, 6.45) is -1.89. The zero-order valence-electron chi connectivity index (χ0n) is 14.9.